The third-order valence-corrected chi connectivity index (χ3v) is 3.88. The molecule has 0 atom stereocenters. The number of nitrogens with zero attached hydrogens (tertiary/aromatic N) is 2. The van der Waals surface area contributed by atoms with Crippen molar-refractivity contribution >= 4 is 23.2 Å². The van der Waals surface area contributed by atoms with Gasteiger partial charge in [-0.2, -0.15) is 0 Å². The summed E-state index contributed by atoms with van der Waals surface area (Å²) in [7, 11) is 0. The van der Waals surface area contributed by atoms with Crippen LogP contribution in [0.15, 0.2) is 54.6 Å². The van der Waals surface area contributed by atoms with Crippen molar-refractivity contribution in [2.75, 3.05) is 13.1 Å². The minimum absolute atomic E-state index is 0.108. The van der Waals surface area contributed by atoms with Crippen LogP contribution >= 0.6 is 0 Å². The molecule has 7 nitrogen and oxygen atoms in total. The number of rotatable bonds is 8. The lowest BCUT2D eigenvalue weighted by Crippen LogP contribution is -2.35. The first kappa shape index (κ1) is 19.0. The van der Waals surface area contributed by atoms with Crippen LogP contribution < -0.4 is 0 Å². The maximum absolute atomic E-state index is 12.3. The number of carbonyl (C=O) groups excluding carboxylic acids is 3. The molecule has 0 aromatic heterocycles. The van der Waals surface area contributed by atoms with Gasteiger partial charge in [0.1, 0.15) is 0 Å². The van der Waals surface area contributed by atoms with E-state index in [1.54, 1.807) is 24.3 Å². The highest BCUT2D eigenvalue weighted by atomic mass is 16.6. The molecule has 0 aliphatic carbocycles. The molecular weight excluding hydrogens is 336 g/mol. The van der Waals surface area contributed by atoms with E-state index in [0.717, 1.165) is 0 Å². The Bertz CT molecular complexity index is 816. The summed E-state index contributed by atoms with van der Waals surface area (Å²) < 4.78 is 0. The number of Topliss-reactive ketones (excluding diaryl/α,β-unsaturated/α-hetero) is 2. The molecule has 0 unspecified atom stereocenters. The van der Waals surface area contributed by atoms with Gasteiger partial charge in [-0.05, 0) is 12.1 Å². The average molecular weight is 354 g/mol. The SMILES string of the molecule is CC(=O)N(CCC(=O)c1ccccc1)CC(=O)c1ccc([N+](=O)[O-])cc1. The molecule has 0 spiro atoms. The molecule has 0 N–H and O–H groups in total. The smallest absolute Gasteiger partial charge is 0.269 e. The summed E-state index contributed by atoms with van der Waals surface area (Å²) in [5.74, 6) is -0.775. The first-order chi connectivity index (χ1) is 12.4. The zero-order valence-electron chi connectivity index (χ0n) is 14.3. The number of ketones is 2. The van der Waals surface area contributed by atoms with Crippen LogP contribution in [0.4, 0.5) is 5.69 Å². The van der Waals surface area contributed by atoms with Crippen molar-refractivity contribution in [3.8, 4) is 0 Å². The molecule has 0 heterocycles. The highest BCUT2D eigenvalue weighted by Crippen LogP contribution is 2.13. The molecule has 0 aliphatic heterocycles. The number of carbonyl (C=O) groups is 3. The van der Waals surface area contributed by atoms with E-state index in [2.05, 4.69) is 0 Å². The molecular formula is C19H18N2O5. The third kappa shape index (κ3) is 5.07. The molecule has 7 heteroatoms. The Labute approximate surface area is 150 Å². The zero-order chi connectivity index (χ0) is 19.1. The highest BCUT2D eigenvalue weighted by Gasteiger charge is 2.17. The van der Waals surface area contributed by atoms with E-state index in [4.69, 9.17) is 0 Å². The monoisotopic (exact) mass is 354 g/mol. The molecule has 0 saturated heterocycles. The second-order valence-corrected chi connectivity index (χ2v) is 5.71. The van der Waals surface area contributed by atoms with Gasteiger partial charge in [0.15, 0.2) is 11.6 Å². The van der Waals surface area contributed by atoms with Crippen molar-refractivity contribution in [1.29, 1.82) is 0 Å². The Kier molecular flexibility index (Phi) is 6.32. The van der Waals surface area contributed by atoms with Crippen LogP contribution in [-0.2, 0) is 4.79 Å². The fourth-order valence-electron chi connectivity index (χ4n) is 2.39. The predicted octanol–water partition coefficient (Wildman–Crippen LogP) is 2.90. The molecule has 0 radical (unpaired) electrons. The average Bonchev–Trinajstić information content (AvgIpc) is 2.65. The number of benzene rings is 2. The number of amides is 1. The lowest BCUT2D eigenvalue weighted by molar-refractivity contribution is -0.384. The van der Waals surface area contributed by atoms with Gasteiger partial charge in [0.2, 0.25) is 5.91 Å². The van der Waals surface area contributed by atoms with E-state index < -0.39 is 4.92 Å². The summed E-state index contributed by atoms with van der Waals surface area (Å²) in [6, 6.07) is 13.9. The predicted molar refractivity (Wildman–Crippen MR) is 95.1 cm³/mol. The Morgan fingerprint density at radius 1 is 0.923 bits per heavy atom. The maximum atomic E-state index is 12.3. The fraction of sp³-hybridized carbons (Fsp3) is 0.211. The van der Waals surface area contributed by atoms with Gasteiger partial charge >= 0.3 is 0 Å². The van der Waals surface area contributed by atoms with Crippen molar-refractivity contribution in [1.82, 2.24) is 4.90 Å². The van der Waals surface area contributed by atoms with E-state index in [-0.39, 0.29) is 48.2 Å². The van der Waals surface area contributed by atoms with Gasteiger partial charge in [-0.15, -0.1) is 0 Å². The lowest BCUT2D eigenvalue weighted by Gasteiger charge is -2.20. The minimum atomic E-state index is -0.550. The number of nitro groups is 1. The number of hydrogen-bond donors (Lipinski definition) is 0. The van der Waals surface area contributed by atoms with Gasteiger partial charge in [-0.3, -0.25) is 24.5 Å². The van der Waals surface area contributed by atoms with Gasteiger partial charge in [-0.25, -0.2) is 0 Å². The van der Waals surface area contributed by atoms with Crippen LogP contribution in [0.1, 0.15) is 34.1 Å². The molecule has 2 aromatic rings. The first-order valence-electron chi connectivity index (χ1n) is 8.00. The molecule has 1 amide bonds. The Morgan fingerprint density at radius 3 is 2.04 bits per heavy atom. The van der Waals surface area contributed by atoms with Crippen molar-refractivity contribution in [2.24, 2.45) is 0 Å². The first-order valence-corrected chi connectivity index (χ1v) is 8.00. The third-order valence-electron chi connectivity index (χ3n) is 3.88. The fourth-order valence-corrected chi connectivity index (χ4v) is 2.39. The van der Waals surface area contributed by atoms with Crippen molar-refractivity contribution in [2.45, 2.75) is 13.3 Å². The van der Waals surface area contributed by atoms with Crippen molar-refractivity contribution in [3.05, 3.63) is 75.8 Å². The van der Waals surface area contributed by atoms with Crippen LogP contribution in [0.3, 0.4) is 0 Å². The van der Waals surface area contributed by atoms with Crippen LogP contribution in [0.5, 0.6) is 0 Å². The Hall–Kier alpha value is -3.35. The number of nitro benzene ring substituents is 1. The number of non-ortho nitro benzene ring substituents is 1. The largest absolute Gasteiger partial charge is 0.335 e. The summed E-state index contributed by atoms with van der Waals surface area (Å²) in [5.41, 5.74) is 0.715. The number of hydrogen-bond acceptors (Lipinski definition) is 5. The van der Waals surface area contributed by atoms with E-state index in [9.17, 15) is 24.5 Å². The molecule has 0 aliphatic rings. The summed E-state index contributed by atoms with van der Waals surface area (Å²) in [6.45, 7) is 1.27. The second-order valence-electron chi connectivity index (χ2n) is 5.71. The molecule has 134 valence electrons. The van der Waals surface area contributed by atoms with Gasteiger partial charge in [0.25, 0.3) is 5.69 Å². The molecule has 2 aromatic carbocycles. The van der Waals surface area contributed by atoms with Crippen LogP contribution in [-0.4, -0.2) is 40.4 Å². The molecule has 0 fully saturated rings. The highest BCUT2D eigenvalue weighted by molar-refractivity contribution is 6.00. The molecule has 0 saturated carbocycles. The van der Waals surface area contributed by atoms with E-state index in [1.807, 2.05) is 6.07 Å². The lowest BCUT2D eigenvalue weighted by atomic mass is 10.1. The van der Waals surface area contributed by atoms with Crippen LogP contribution in [0.25, 0.3) is 0 Å². The topological polar surface area (TPSA) is 97.6 Å². The van der Waals surface area contributed by atoms with Crippen molar-refractivity contribution < 1.29 is 19.3 Å². The Morgan fingerprint density at radius 2 is 1.50 bits per heavy atom. The standard InChI is InChI=1S/C19H18N2O5/c1-14(22)20(12-11-18(23)15-5-3-2-4-6-15)13-19(24)16-7-9-17(10-8-16)21(25)26/h2-10H,11-13H2,1H3. The molecule has 26 heavy (non-hydrogen) atoms. The normalized spacial score (nSPS) is 10.2. The molecule has 0 bridgehead atoms. The summed E-state index contributed by atoms with van der Waals surface area (Å²) >= 11 is 0. The second kappa shape index (κ2) is 8.66. The minimum Gasteiger partial charge on any atom is -0.335 e. The van der Waals surface area contributed by atoms with E-state index in [1.165, 1.54) is 36.1 Å². The summed E-state index contributed by atoms with van der Waals surface area (Å²) in [4.78, 5) is 47.6. The van der Waals surface area contributed by atoms with E-state index in [0.29, 0.717) is 5.56 Å². The molecule has 2 rings (SSSR count). The van der Waals surface area contributed by atoms with Gasteiger partial charge in [0, 0.05) is 43.1 Å². The van der Waals surface area contributed by atoms with Gasteiger partial charge < -0.3 is 4.90 Å². The van der Waals surface area contributed by atoms with Gasteiger partial charge in [-0.1, -0.05) is 30.3 Å². The summed E-state index contributed by atoms with van der Waals surface area (Å²) in [5, 5.41) is 10.7. The maximum Gasteiger partial charge on any atom is 0.269 e. The van der Waals surface area contributed by atoms with Crippen LogP contribution in [0, 0.1) is 10.1 Å². The summed E-state index contributed by atoms with van der Waals surface area (Å²) in [6.07, 6.45) is 0.108. The quantitative estimate of drug-likeness (QED) is 0.412. The zero-order valence-corrected chi connectivity index (χ0v) is 14.3. The van der Waals surface area contributed by atoms with Crippen LogP contribution in [0.2, 0.25) is 0 Å². The van der Waals surface area contributed by atoms with Crippen molar-refractivity contribution in [3.63, 3.8) is 0 Å². The van der Waals surface area contributed by atoms with Gasteiger partial charge in [0.05, 0.1) is 11.5 Å². The Balaban J connectivity index is 1.99. The van der Waals surface area contributed by atoms with E-state index >= 15 is 0 Å².